The van der Waals surface area contributed by atoms with E-state index in [-0.39, 0.29) is 29.1 Å². The zero-order valence-corrected chi connectivity index (χ0v) is 25.6. The molecule has 2 atom stereocenters. The summed E-state index contributed by atoms with van der Waals surface area (Å²) in [5, 5.41) is 3.77. The molecular weight excluding hydrogens is 569 g/mol. The Morgan fingerprint density at radius 3 is 2.23 bits per heavy atom. The minimum Gasteiger partial charge on any atom is -0.352 e. The number of hydrogen-bond donors (Lipinski definition) is 1. The summed E-state index contributed by atoms with van der Waals surface area (Å²) in [5.41, 5.74) is 2.39. The van der Waals surface area contributed by atoms with Crippen LogP contribution >= 0.6 is 23.2 Å². The van der Waals surface area contributed by atoms with E-state index in [0.717, 1.165) is 16.3 Å². The van der Waals surface area contributed by atoms with E-state index in [9.17, 15) is 18.0 Å². The fourth-order valence-corrected chi connectivity index (χ4v) is 5.95. The average Bonchev–Trinajstić information content (AvgIpc) is 2.91. The van der Waals surface area contributed by atoms with E-state index in [1.807, 2.05) is 20.8 Å². The van der Waals surface area contributed by atoms with Crippen molar-refractivity contribution in [3.8, 4) is 0 Å². The third-order valence-electron chi connectivity index (χ3n) is 6.81. The lowest BCUT2D eigenvalue weighted by Gasteiger charge is -2.33. The maximum atomic E-state index is 14.0. The first-order chi connectivity index (χ1) is 18.8. The van der Waals surface area contributed by atoms with Crippen LogP contribution in [0.4, 0.5) is 5.69 Å². The van der Waals surface area contributed by atoms with E-state index in [0.29, 0.717) is 21.2 Å². The zero-order chi connectivity index (χ0) is 29.6. The Labute approximate surface area is 247 Å². The minimum absolute atomic E-state index is 0.0363. The maximum Gasteiger partial charge on any atom is 0.264 e. The second-order valence-corrected chi connectivity index (χ2v) is 12.6. The van der Waals surface area contributed by atoms with Crippen molar-refractivity contribution in [2.24, 2.45) is 0 Å². The van der Waals surface area contributed by atoms with E-state index in [4.69, 9.17) is 23.2 Å². The summed E-state index contributed by atoms with van der Waals surface area (Å²) in [4.78, 5) is 28.6. The second kappa shape index (κ2) is 13.5. The molecule has 7 nitrogen and oxygen atoms in total. The van der Waals surface area contributed by atoms with Crippen LogP contribution < -0.4 is 9.62 Å². The molecular formula is C30H35Cl2N3O4S. The van der Waals surface area contributed by atoms with Crippen LogP contribution in [0.15, 0.2) is 71.6 Å². The number of hydrogen-bond acceptors (Lipinski definition) is 4. The Hall–Kier alpha value is -3.07. The predicted octanol–water partition coefficient (Wildman–Crippen LogP) is 6.14. The number of nitrogens with one attached hydrogen (secondary N) is 1. The number of sulfonamides is 1. The molecule has 3 rings (SSSR count). The topological polar surface area (TPSA) is 86.8 Å². The zero-order valence-electron chi connectivity index (χ0n) is 23.3. The van der Waals surface area contributed by atoms with Crippen molar-refractivity contribution in [3.05, 3.63) is 93.5 Å². The van der Waals surface area contributed by atoms with Gasteiger partial charge in [-0.05, 0) is 81.6 Å². The van der Waals surface area contributed by atoms with Gasteiger partial charge < -0.3 is 10.2 Å². The molecule has 214 valence electrons. The normalized spacial score (nSPS) is 12.9. The standard InChI is InChI=1S/C30H35Cl2N3O4S/c1-6-21(3)33-30(37)23(5)34(18-24-9-7-10-25(31)17-24)29(36)19-35(28-12-8-11-27(32)22(28)4)40(38,39)26-15-13-20(2)14-16-26/h7-17,21,23H,6,18-19H2,1-5H3,(H,33,37)/t21-,23-/m1/s1. The molecule has 0 aromatic heterocycles. The summed E-state index contributed by atoms with van der Waals surface area (Å²) >= 11 is 12.6. The smallest absolute Gasteiger partial charge is 0.264 e. The number of carbonyl (C=O) groups is 2. The van der Waals surface area contributed by atoms with Crippen LogP contribution in [0.5, 0.6) is 0 Å². The number of anilines is 1. The van der Waals surface area contributed by atoms with Gasteiger partial charge in [0.15, 0.2) is 0 Å². The molecule has 0 heterocycles. The molecule has 1 N–H and O–H groups in total. The van der Waals surface area contributed by atoms with Gasteiger partial charge in [0.2, 0.25) is 11.8 Å². The van der Waals surface area contributed by atoms with Crippen LogP contribution in [-0.4, -0.2) is 43.8 Å². The summed E-state index contributed by atoms with van der Waals surface area (Å²) in [6, 6.07) is 17.3. The van der Waals surface area contributed by atoms with Gasteiger partial charge in [-0.3, -0.25) is 13.9 Å². The fraction of sp³-hybridized carbons (Fsp3) is 0.333. The Morgan fingerprint density at radius 1 is 0.950 bits per heavy atom. The van der Waals surface area contributed by atoms with Crippen LogP contribution in [0.3, 0.4) is 0 Å². The Kier molecular flexibility index (Phi) is 10.6. The van der Waals surface area contributed by atoms with Gasteiger partial charge >= 0.3 is 0 Å². The average molecular weight is 605 g/mol. The van der Waals surface area contributed by atoms with Crippen LogP contribution in [-0.2, 0) is 26.2 Å². The van der Waals surface area contributed by atoms with Crippen LogP contribution in [0.25, 0.3) is 0 Å². The first-order valence-corrected chi connectivity index (χ1v) is 15.2. The van der Waals surface area contributed by atoms with Crippen molar-refractivity contribution < 1.29 is 18.0 Å². The molecule has 0 spiro atoms. The summed E-state index contributed by atoms with van der Waals surface area (Å²) in [6.07, 6.45) is 0.720. The minimum atomic E-state index is -4.18. The molecule has 0 radical (unpaired) electrons. The lowest BCUT2D eigenvalue weighted by molar-refractivity contribution is -0.139. The molecule has 0 saturated carbocycles. The third kappa shape index (κ3) is 7.56. The molecule has 2 amide bonds. The fourth-order valence-electron chi connectivity index (χ4n) is 4.10. The summed E-state index contributed by atoms with van der Waals surface area (Å²) < 4.78 is 29.0. The Balaban J connectivity index is 2.07. The maximum absolute atomic E-state index is 14.0. The van der Waals surface area contributed by atoms with Gasteiger partial charge in [0.25, 0.3) is 10.0 Å². The molecule has 40 heavy (non-hydrogen) atoms. The molecule has 0 saturated heterocycles. The van der Waals surface area contributed by atoms with E-state index in [1.54, 1.807) is 68.4 Å². The molecule has 0 aliphatic heterocycles. The monoisotopic (exact) mass is 603 g/mol. The first kappa shape index (κ1) is 31.5. The third-order valence-corrected chi connectivity index (χ3v) is 9.22. The lowest BCUT2D eigenvalue weighted by Crippen LogP contribution is -2.52. The van der Waals surface area contributed by atoms with Crippen molar-refractivity contribution in [3.63, 3.8) is 0 Å². The highest BCUT2D eigenvalue weighted by Crippen LogP contribution is 2.31. The molecule has 0 aliphatic carbocycles. The van der Waals surface area contributed by atoms with Gasteiger partial charge in [-0.15, -0.1) is 0 Å². The Morgan fingerprint density at radius 2 is 1.60 bits per heavy atom. The molecule has 0 aliphatic rings. The van der Waals surface area contributed by atoms with Gasteiger partial charge in [0, 0.05) is 22.6 Å². The van der Waals surface area contributed by atoms with Crippen molar-refractivity contribution in [1.82, 2.24) is 10.2 Å². The number of aryl methyl sites for hydroxylation is 1. The number of amides is 2. The van der Waals surface area contributed by atoms with Crippen molar-refractivity contribution in [1.29, 1.82) is 0 Å². The molecule has 3 aromatic rings. The number of rotatable bonds is 11. The van der Waals surface area contributed by atoms with E-state index >= 15 is 0 Å². The second-order valence-electron chi connectivity index (χ2n) is 9.85. The number of halogens is 2. The molecule has 0 bridgehead atoms. The van der Waals surface area contributed by atoms with E-state index in [2.05, 4.69) is 5.32 Å². The van der Waals surface area contributed by atoms with E-state index in [1.165, 1.54) is 17.0 Å². The van der Waals surface area contributed by atoms with Crippen LogP contribution in [0, 0.1) is 13.8 Å². The number of benzene rings is 3. The highest BCUT2D eigenvalue weighted by atomic mass is 35.5. The van der Waals surface area contributed by atoms with Gasteiger partial charge in [-0.1, -0.05) is 66.0 Å². The largest absolute Gasteiger partial charge is 0.352 e. The Bertz CT molecular complexity index is 1460. The number of nitrogens with zero attached hydrogens (tertiary/aromatic N) is 2. The summed E-state index contributed by atoms with van der Waals surface area (Å²) in [6.45, 7) is 8.53. The highest BCUT2D eigenvalue weighted by molar-refractivity contribution is 7.92. The first-order valence-electron chi connectivity index (χ1n) is 13.0. The SMILES string of the molecule is CC[C@@H](C)NC(=O)[C@@H](C)N(Cc1cccc(Cl)c1)C(=O)CN(c1cccc(Cl)c1C)S(=O)(=O)c1ccc(C)cc1. The predicted molar refractivity (Wildman–Crippen MR) is 161 cm³/mol. The summed E-state index contributed by atoms with van der Waals surface area (Å²) in [7, 11) is -4.18. The molecule has 0 fully saturated rings. The van der Waals surface area contributed by atoms with Crippen LogP contribution in [0.2, 0.25) is 10.0 Å². The molecule has 3 aromatic carbocycles. The highest BCUT2D eigenvalue weighted by Gasteiger charge is 2.33. The summed E-state index contributed by atoms with van der Waals surface area (Å²) in [5.74, 6) is -0.890. The van der Waals surface area contributed by atoms with Crippen molar-refractivity contribution in [2.45, 2.75) is 64.6 Å². The van der Waals surface area contributed by atoms with Crippen LogP contribution in [0.1, 0.15) is 43.9 Å². The van der Waals surface area contributed by atoms with Gasteiger partial charge in [0.05, 0.1) is 10.6 Å². The molecule has 0 unspecified atom stereocenters. The van der Waals surface area contributed by atoms with Crippen molar-refractivity contribution >= 4 is 50.7 Å². The lowest BCUT2D eigenvalue weighted by atomic mass is 10.1. The van der Waals surface area contributed by atoms with Gasteiger partial charge in [0.1, 0.15) is 12.6 Å². The quantitative estimate of drug-likeness (QED) is 0.285. The molecule has 10 heteroatoms. The van der Waals surface area contributed by atoms with E-state index < -0.39 is 28.5 Å². The van der Waals surface area contributed by atoms with Gasteiger partial charge in [-0.2, -0.15) is 0 Å². The van der Waals surface area contributed by atoms with Gasteiger partial charge in [-0.25, -0.2) is 8.42 Å². The van der Waals surface area contributed by atoms with Crippen molar-refractivity contribution in [2.75, 3.05) is 10.8 Å². The number of carbonyl (C=O) groups excluding carboxylic acids is 2.